The fraction of sp³-hybridized carbons (Fsp3) is 0.667. The number of H-pyrrole nitrogens is 1. The molecule has 1 aromatic heterocycles. The van der Waals surface area contributed by atoms with Crippen LogP contribution in [-0.2, 0) is 11.2 Å². The van der Waals surface area contributed by atoms with E-state index in [-0.39, 0.29) is 13.0 Å². The van der Waals surface area contributed by atoms with Crippen LogP contribution in [0.3, 0.4) is 0 Å². The van der Waals surface area contributed by atoms with E-state index in [9.17, 15) is 14.7 Å². The van der Waals surface area contributed by atoms with E-state index in [0.29, 0.717) is 24.9 Å². The van der Waals surface area contributed by atoms with E-state index >= 15 is 0 Å². The Balaban J connectivity index is 2.28. The van der Waals surface area contributed by atoms with E-state index in [1.807, 2.05) is 0 Å². The minimum atomic E-state index is -0.837. The number of rotatable bonds is 5. The van der Waals surface area contributed by atoms with Crippen molar-refractivity contribution < 1.29 is 14.9 Å². The highest BCUT2D eigenvalue weighted by Crippen LogP contribution is 2.27. The molecular formula is C12H19N3O5. The van der Waals surface area contributed by atoms with E-state index < -0.39 is 29.7 Å². The summed E-state index contributed by atoms with van der Waals surface area (Å²) >= 11 is 0. The minimum Gasteiger partial charge on any atom is -0.394 e. The highest BCUT2D eigenvalue weighted by molar-refractivity contribution is 5.05. The van der Waals surface area contributed by atoms with Gasteiger partial charge >= 0.3 is 5.69 Å². The van der Waals surface area contributed by atoms with Gasteiger partial charge in [-0.3, -0.25) is 14.3 Å². The summed E-state index contributed by atoms with van der Waals surface area (Å²) in [5.41, 5.74) is 4.82. The number of nitrogens with one attached hydrogen (secondary N) is 1. The van der Waals surface area contributed by atoms with E-state index in [4.69, 9.17) is 15.6 Å². The van der Waals surface area contributed by atoms with Gasteiger partial charge in [0, 0.05) is 18.2 Å². The molecule has 1 aliphatic heterocycles. The Bertz CT molecular complexity index is 567. The van der Waals surface area contributed by atoms with Crippen LogP contribution >= 0.6 is 0 Å². The summed E-state index contributed by atoms with van der Waals surface area (Å²) in [6, 6.07) is 0. The van der Waals surface area contributed by atoms with E-state index in [1.54, 1.807) is 0 Å². The molecule has 0 aromatic carbocycles. The maximum absolute atomic E-state index is 11.8. The number of hydrogen-bond donors (Lipinski definition) is 4. The summed E-state index contributed by atoms with van der Waals surface area (Å²) in [6.07, 6.45) is 0.479. The molecule has 0 saturated carbocycles. The lowest BCUT2D eigenvalue weighted by atomic mass is 10.1. The van der Waals surface area contributed by atoms with Crippen LogP contribution in [0, 0.1) is 0 Å². The average molecular weight is 285 g/mol. The molecule has 1 aliphatic rings. The maximum atomic E-state index is 11.8. The van der Waals surface area contributed by atoms with Crippen LogP contribution in [0.1, 0.15) is 24.6 Å². The van der Waals surface area contributed by atoms with Crippen LogP contribution in [-0.4, -0.2) is 45.1 Å². The number of aliphatic hydroxyl groups excluding tert-OH is 2. The summed E-state index contributed by atoms with van der Waals surface area (Å²) in [7, 11) is 0. The van der Waals surface area contributed by atoms with Gasteiger partial charge in [-0.15, -0.1) is 0 Å². The largest absolute Gasteiger partial charge is 0.394 e. The summed E-state index contributed by atoms with van der Waals surface area (Å²) in [4.78, 5) is 25.7. The van der Waals surface area contributed by atoms with Crippen LogP contribution in [0.25, 0.3) is 0 Å². The molecule has 0 spiro atoms. The lowest BCUT2D eigenvalue weighted by Gasteiger charge is -2.15. The van der Waals surface area contributed by atoms with E-state index in [2.05, 4.69) is 4.98 Å². The van der Waals surface area contributed by atoms with E-state index in [1.165, 1.54) is 10.8 Å². The zero-order chi connectivity index (χ0) is 14.7. The van der Waals surface area contributed by atoms with Crippen molar-refractivity contribution in [2.45, 2.75) is 37.7 Å². The topological polar surface area (TPSA) is 131 Å². The smallest absolute Gasteiger partial charge is 0.330 e. The van der Waals surface area contributed by atoms with Gasteiger partial charge in [-0.1, -0.05) is 0 Å². The molecule has 1 saturated heterocycles. The number of aryl methyl sites for hydroxylation is 1. The van der Waals surface area contributed by atoms with Crippen molar-refractivity contribution >= 4 is 0 Å². The number of aromatic amines is 1. The lowest BCUT2D eigenvalue weighted by molar-refractivity contribution is -0.0460. The van der Waals surface area contributed by atoms with Crippen molar-refractivity contribution in [3.8, 4) is 0 Å². The fourth-order valence-corrected chi connectivity index (χ4v) is 2.26. The van der Waals surface area contributed by atoms with Gasteiger partial charge in [-0.05, 0) is 19.4 Å². The van der Waals surface area contributed by atoms with Crippen molar-refractivity contribution in [2.24, 2.45) is 5.73 Å². The van der Waals surface area contributed by atoms with Crippen LogP contribution in [0.2, 0.25) is 0 Å². The highest BCUT2D eigenvalue weighted by Gasteiger charge is 2.35. The van der Waals surface area contributed by atoms with Crippen molar-refractivity contribution in [3.63, 3.8) is 0 Å². The second-order valence-corrected chi connectivity index (χ2v) is 4.83. The molecule has 20 heavy (non-hydrogen) atoms. The first kappa shape index (κ1) is 14.9. The maximum Gasteiger partial charge on any atom is 0.330 e. The monoisotopic (exact) mass is 285 g/mol. The van der Waals surface area contributed by atoms with Gasteiger partial charge in [-0.2, -0.15) is 0 Å². The highest BCUT2D eigenvalue weighted by atomic mass is 16.5. The number of hydrogen-bond acceptors (Lipinski definition) is 6. The molecule has 5 N–H and O–H groups in total. The number of aliphatic hydroxyl groups is 2. The lowest BCUT2D eigenvalue weighted by Crippen LogP contribution is -2.34. The van der Waals surface area contributed by atoms with Crippen LogP contribution in [0.5, 0.6) is 0 Å². The SMILES string of the molecule is NCCCc1cn([C@@H]2C[C@@H](O)[C@H](CO)O2)c(=O)[nH]c1=O. The Morgan fingerprint density at radius 2 is 2.25 bits per heavy atom. The summed E-state index contributed by atoms with van der Waals surface area (Å²) in [5.74, 6) is 0. The summed E-state index contributed by atoms with van der Waals surface area (Å²) in [6.45, 7) is 0.125. The number of ether oxygens (including phenoxy) is 1. The molecule has 0 unspecified atom stereocenters. The van der Waals surface area contributed by atoms with E-state index in [0.717, 1.165) is 0 Å². The number of nitrogens with two attached hydrogens (primary N) is 1. The third-order valence-corrected chi connectivity index (χ3v) is 3.39. The predicted octanol–water partition coefficient (Wildman–Crippen LogP) is -1.93. The Morgan fingerprint density at radius 1 is 1.50 bits per heavy atom. The summed E-state index contributed by atoms with van der Waals surface area (Å²) in [5, 5.41) is 18.7. The molecule has 8 nitrogen and oxygen atoms in total. The molecular weight excluding hydrogens is 266 g/mol. The second kappa shape index (κ2) is 6.31. The van der Waals surface area contributed by atoms with Gasteiger partial charge in [0.25, 0.3) is 5.56 Å². The summed E-state index contributed by atoms with van der Waals surface area (Å²) < 4.78 is 6.65. The van der Waals surface area contributed by atoms with Gasteiger partial charge in [0.15, 0.2) is 0 Å². The fourth-order valence-electron chi connectivity index (χ4n) is 2.26. The second-order valence-electron chi connectivity index (χ2n) is 4.83. The number of nitrogens with zero attached hydrogens (tertiary/aromatic N) is 1. The molecule has 0 radical (unpaired) electrons. The molecule has 2 heterocycles. The zero-order valence-electron chi connectivity index (χ0n) is 11.0. The molecule has 8 heteroatoms. The Kier molecular flexibility index (Phi) is 4.71. The molecule has 1 fully saturated rings. The quantitative estimate of drug-likeness (QED) is 0.498. The van der Waals surface area contributed by atoms with Gasteiger partial charge in [-0.25, -0.2) is 4.79 Å². The van der Waals surface area contributed by atoms with Gasteiger partial charge in [0.05, 0.1) is 12.7 Å². The minimum absolute atomic E-state index is 0.188. The molecule has 1 aromatic rings. The Hall–Kier alpha value is -1.48. The van der Waals surface area contributed by atoms with Crippen LogP contribution in [0.4, 0.5) is 0 Å². The van der Waals surface area contributed by atoms with Crippen LogP contribution < -0.4 is 17.0 Å². The third kappa shape index (κ3) is 2.98. The molecule has 0 bridgehead atoms. The first-order chi connectivity index (χ1) is 9.56. The molecule has 0 amide bonds. The zero-order valence-corrected chi connectivity index (χ0v) is 11.0. The van der Waals surface area contributed by atoms with Gasteiger partial charge in [0.1, 0.15) is 12.3 Å². The van der Waals surface area contributed by atoms with Gasteiger partial charge < -0.3 is 20.7 Å². The Labute approximate surface area is 114 Å². The Morgan fingerprint density at radius 3 is 2.85 bits per heavy atom. The van der Waals surface area contributed by atoms with Crippen molar-refractivity contribution in [2.75, 3.05) is 13.2 Å². The predicted molar refractivity (Wildman–Crippen MR) is 70.3 cm³/mol. The third-order valence-electron chi connectivity index (χ3n) is 3.39. The molecule has 2 rings (SSSR count). The van der Waals surface area contributed by atoms with Crippen molar-refractivity contribution in [1.29, 1.82) is 0 Å². The first-order valence-corrected chi connectivity index (χ1v) is 6.55. The first-order valence-electron chi connectivity index (χ1n) is 6.55. The molecule has 112 valence electrons. The standard InChI is InChI=1S/C12H19N3O5/c13-3-1-2-7-5-15(12(19)14-11(7)18)10-4-8(17)9(6-16)20-10/h5,8-10,16-17H,1-4,6,13H2,(H,14,18,19)/t8-,9+,10+/m1/s1. The average Bonchev–Trinajstić information content (AvgIpc) is 2.79. The van der Waals surface area contributed by atoms with Crippen molar-refractivity contribution in [3.05, 3.63) is 32.6 Å². The molecule has 3 atom stereocenters. The number of aromatic nitrogens is 2. The normalized spacial score (nSPS) is 26.1. The van der Waals surface area contributed by atoms with Crippen molar-refractivity contribution in [1.82, 2.24) is 9.55 Å². The molecule has 0 aliphatic carbocycles. The van der Waals surface area contributed by atoms with Crippen LogP contribution in [0.15, 0.2) is 15.8 Å². The van der Waals surface area contributed by atoms with Gasteiger partial charge in [0.2, 0.25) is 0 Å².